The number of methoxy groups -OCH3 is 1. The Bertz CT molecular complexity index is 969. The number of rotatable bonds is 7. The maximum Gasteiger partial charge on any atom is 0.252 e. The van der Waals surface area contributed by atoms with Crippen LogP contribution in [0.1, 0.15) is 49.4 Å². The molecule has 0 radical (unpaired) electrons. The lowest BCUT2D eigenvalue weighted by atomic mass is 9.93. The fourth-order valence-electron chi connectivity index (χ4n) is 6.33. The van der Waals surface area contributed by atoms with Crippen molar-refractivity contribution in [2.75, 3.05) is 57.9 Å². The third kappa shape index (κ3) is 4.64. The van der Waals surface area contributed by atoms with E-state index in [4.69, 9.17) is 9.47 Å². The summed E-state index contributed by atoms with van der Waals surface area (Å²) in [6.07, 6.45) is 3.25. The van der Waals surface area contributed by atoms with Crippen LogP contribution in [0.15, 0.2) is 24.3 Å². The van der Waals surface area contributed by atoms with Crippen molar-refractivity contribution in [1.29, 1.82) is 0 Å². The summed E-state index contributed by atoms with van der Waals surface area (Å²) in [7, 11) is 1.57. The van der Waals surface area contributed by atoms with E-state index >= 15 is 0 Å². The second-order valence-electron chi connectivity index (χ2n) is 10.5. The fraction of sp³-hybridized carbons (Fsp3) is 0.667. The lowest BCUT2D eigenvalue weighted by Gasteiger charge is -2.36. The highest BCUT2D eigenvalue weighted by atomic mass is 16.5. The van der Waals surface area contributed by atoms with Crippen LogP contribution in [0.25, 0.3) is 0 Å². The molecule has 0 bridgehead atoms. The molecule has 9 heteroatoms. The number of ketones is 1. The summed E-state index contributed by atoms with van der Waals surface area (Å²) >= 11 is 0. The molecule has 3 saturated heterocycles. The average Bonchev–Trinajstić information content (AvgIpc) is 3.62. The van der Waals surface area contributed by atoms with Crippen molar-refractivity contribution in [2.45, 2.75) is 62.8 Å². The maximum absolute atomic E-state index is 13.9. The standard InChI is InChI=1S/C27H38N4O5/c1-3-12-29-13-15-30(16-14-29)20-8-6-19(7-9-20)25(33)28-27(10-4-5-11-27)26(34)31-17-22(35-2)24-23(31)21(32)18-36-24/h6-9,22-24H,3-5,10-18H2,1-2H3,(H,28,33)/t22-,23+,24+/m0/s1. The summed E-state index contributed by atoms with van der Waals surface area (Å²) in [6.45, 7) is 7.71. The number of anilines is 1. The number of carbonyl (C=O) groups excluding carboxylic acids is 3. The lowest BCUT2D eigenvalue weighted by molar-refractivity contribution is -0.142. The third-order valence-electron chi connectivity index (χ3n) is 8.33. The smallest absolute Gasteiger partial charge is 0.252 e. The number of benzene rings is 1. The van der Waals surface area contributed by atoms with Crippen molar-refractivity contribution in [3.63, 3.8) is 0 Å². The van der Waals surface area contributed by atoms with Crippen LogP contribution in [-0.4, -0.2) is 104 Å². The van der Waals surface area contributed by atoms with E-state index in [0.29, 0.717) is 24.9 Å². The Balaban J connectivity index is 1.27. The number of carbonyl (C=O) groups is 3. The van der Waals surface area contributed by atoms with Gasteiger partial charge >= 0.3 is 0 Å². The summed E-state index contributed by atoms with van der Waals surface area (Å²) in [4.78, 5) is 46.2. The number of amides is 2. The molecule has 4 fully saturated rings. The molecule has 9 nitrogen and oxygen atoms in total. The first-order valence-corrected chi connectivity index (χ1v) is 13.3. The zero-order valence-corrected chi connectivity index (χ0v) is 21.4. The van der Waals surface area contributed by atoms with Crippen molar-refractivity contribution in [3.05, 3.63) is 29.8 Å². The van der Waals surface area contributed by atoms with Gasteiger partial charge in [-0.15, -0.1) is 0 Å². The second kappa shape index (κ2) is 10.5. The average molecular weight is 499 g/mol. The summed E-state index contributed by atoms with van der Waals surface area (Å²) in [6, 6.07) is 7.05. The van der Waals surface area contributed by atoms with E-state index in [-0.39, 0.29) is 30.3 Å². The molecule has 0 aromatic heterocycles. The van der Waals surface area contributed by atoms with Gasteiger partial charge in [-0.2, -0.15) is 0 Å². The monoisotopic (exact) mass is 498 g/mol. The molecular weight excluding hydrogens is 460 g/mol. The van der Waals surface area contributed by atoms with Crippen LogP contribution >= 0.6 is 0 Å². The van der Waals surface area contributed by atoms with Crippen LogP contribution in [0.5, 0.6) is 0 Å². The minimum absolute atomic E-state index is 0.00165. The number of Topliss-reactive ketones (excluding diaryl/α,β-unsaturated/α-hetero) is 1. The van der Waals surface area contributed by atoms with Crippen molar-refractivity contribution in [2.24, 2.45) is 0 Å². The van der Waals surface area contributed by atoms with E-state index in [9.17, 15) is 14.4 Å². The largest absolute Gasteiger partial charge is 0.377 e. The predicted molar refractivity (Wildman–Crippen MR) is 135 cm³/mol. The van der Waals surface area contributed by atoms with Gasteiger partial charge in [-0.3, -0.25) is 19.3 Å². The molecule has 0 spiro atoms. The molecule has 1 aliphatic carbocycles. The second-order valence-corrected chi connectivity index (χ2v) is 10.5. The predicted octanol–water partition coefficient (Wildman–Crippen LogP) is 1.45. The van der Waals surface area contributed by atoms with E-state index in [1.54, 1.807) is 12.0 Å². The molecule has 196 valence electrons. The van der Waals surface area contributed by atoms with Crippen molar-refractivity contribution in [3.8, 4) is 0 Å². The number of ether oxygens (including phenoxy) is 2. The van der Waals surface area contributed by atoms with Gasteiger partial charge in [-0.25, -0.2) is 0 Å². The normalized spacial score (nSPS) is 27.9. The fourth-order valence-corrected chi connectivity index (χ4v) is 6.33. The van der Waals surface area contributed by atoms with Crippen LogP contribution in [0, 0.1) is 0 Å². The molecule has 5 rings (SSSR count). The van der Waals surface area contributed by atoms with Gasteiger partial charge in [0.25, 0.3) is 5.91 Å². The first-order chi connectivity index (χ1) is 17.5. The number of piperazine rings is 1. The van der Waals surface area contributed by atoms with E-state index in [1.807, 2.05) is 24.3 Å². The molecule has 0 unspecified atom stereocenters. The van der Waals surface area contributed by atoms with Gasteiger partial charge in [-0.1, -0.05) is 19.8 Å². The Morgan fingerprint density at radius 2 is 1.81 bits per heavy atom. The Morgan fingerprint density at radius 1 is 1.11 bits per heavy atom. The van der Waals surface area contributed by atoms with E-state index in [1.165, 1.54) is 6.42 Å². The number of hydrogen-bond donors (Lipinski definition) is 1. The topological polar surface area (TPSA) is 91.4 Å². The number of hydrogen-bond acceptors (Lipinski definition) is 7. The Hall–Kier alpha value is -2.49. The van der Waals surface area contributed by atoms with Crippen LogP contribution in [0.2, 0.25) is 0 Å². The van der Waals surface area contributed by atoms with E-state index < -0.39 is 17.7 Å². The number of nitrogens with one attached hydrogen (secondary N) is 1. The van der Waals surface area contributed by atoms with Gasteiger partial charge < -0.3 is 24.6 Å². The number of fused-ring (bicyclic) bond motifs is 1. The van der Waals surface area contributed by atoms with Crippen LogP contribution in [0.4, 0.5) is 5.69 Å². The highest BCUT2D eigenvalue weighted by Crippen LogP contribution is 2.37. The lowest BCUT2D eigenvalue weighted by Crippen LogP contribution is -2.60. The molecule has 2 amide bonds. The van der Waals surface area contributed by atoms with Crippen molar-refractivity contribution >= 4 is 23.3 Å². The molecule has 3 aliphatic heterocycles. The molecular formula is C27H38N4O5. The van der Waals surface area contributed by atoms with Gasteiger partial charge in [0.05, 0.1) is 6.54 Å². The first kappa shape index (κ1) is 25.2. The number of nitrogens with zero attached hydrogens (tertiary/aromatic N) is 3. The van der Waals surface area contributed by atoms with Crippen LogP contribution in [-0.2, 0) is 19.1 Å². The molecule has 36 heavy (non-hydrogen) atoms. The summed E-state index contributed by atoms with van der Waals surface area (Å²) in [5, 5.41) is 3.09. The van der Waals surface area contributed by atoms with Gasteiger partial charge in [0, 0.05) is 44.5 Å². The van der Waals surface area contributed by atoms with Gasteiger partial charge in [0.15, 0.2) is 5.78 Å². The SMILES string of the molecule is CCCN1CCN(c2ccc(C(=O)NC3(C(=O)N4C[C@H](OC)[C@H]5OCC(=O)[C@H]54)CCCC3)cc2)CC1. The molecule has 1 aromatic rings. The van der Waals surface area contributed by atoms with Crippen molar-refractivity contribution < 1.29 is 23.9 Å². The molecule has 3 heterocycles. The third-order valence-corrected chi connectivity index (χ3v) is 8.33. The maximum atomic E-state index is 13.9. The summed E-state index contributed by atoms with van der Waals surface area (Å²) < 4.78 is 11.1. The summed E-state index contributed by atoms with van der Waals surface area (Å²) in [5.74, 6) is -0.542. The highest BCUT2D eigenvalue weighted by molar-refractivity contribution is 6.01. The van der Waals surface area contributed by atoms with Gasteiger partial charge in [-0.05, 0) is 50.1 Å². The number of likely N-dealkylation sites (tertiary alicyclic amines) is 1. The van der Waals surface area contributed by atoms with E-state index in [0.717, 1.165) is 51.3 Å². The Labute approximate surface area is 213 Å². The minimum atomic E-state index is -0.999. The highest BCUT2D eigenvalue weighted by Gasteiger charge is 2.56. The molecule has 1 N–H and O–H groups in total. The minimum Gasteiger partial charge on any atom is -0.377 e. The zero-order valence-electron chi connectivity index (χ0n) is 21.4. The zero-order chi connectivity index (χ0) is 25.3. The first-order valence-electron chi connectivity index (χ1n) is 13.3. The summed E-state index contributed by atoms with van der Waals surface area (Å²) in [5.41, 5.74) is 0.654. The Kier molecular flexibility index (Phi) is 7.32. The van der Waals surface area contributed by atoms with Crippen LogP contribution < -0.4 is 10.2 Å². The Morgan fingerprint density at radius 3 is 2.44 bits per heavy atom. The van der Waals surface area contributed by atoms with Crippen LogP contribution in [0.3, 0.4) is 0 Å². The molecule has 1 aromatic carbocycles. The van der Waals surface area contributed by atoms with Gasteiger partial charge in [0.1, 0.15) is 30.4 Å². The quantitative estimate of drug-likeness (QED) is 0.609. The van der Waals surface area contributed by atoms with E-state index in [2.05, 4.69) is 22.0 Å². The van der Waals surface area contributed by atoms with Gasteiger partial charge in [0.2, 0.25) is 5.91 Å². The molecule has 3 atom stereocenters. The molecule has 1 saturated carbocycles. The molecule has 4 aliphatic rings. The van der Waals surface area contributed by atoms with Crippen molar-refractivity contribution in [1.82, 2.24) is 15.1 Å².